The first-order chi connectivity index (χ1) is 16.1. The number of hydrogen-bond donors (Lipinski definition) is 2. The Bertz CT molecular complexity index is 1390. The number of ether oxygens (including phenoxy) is 2. The summed E-state index contributed by atoms with van der Waals surface area (Å²) in [5.74, 6) is 0.558. The standard InChI is InChI=1S/C25H25N3O4S/c1-3-26-15(2)13-28-24(30)21(12-20-17-9-5-7-11-19(17)31-14-32-20)33-25(28)22-16-8-4-6-10-18(16)27-23(22)29/h4-12,15,20,26H,3,13-14H2,1-2H3,(H,27,29)/b21-12+,25-22+. The van der Waals surface area contributed by atoms with E-state index < -0.39 is 6.10 Å². The van der Waals surface area contributed by atoms with Gasteiger partial charge in [0.2, 0.25) is 0 Å². The van der Waals surface area contributed by atoms with Crippen molar-refractivity contribution >= 4 is 34.6 Å². The van der Waals surface area contributed by atoms with Crippen LogP contribution in [0.2, 0.25) is 0 Å². The Morgan fingerprint density at radius 3 is 2.85 bits per heavy atom. The first-order valence-electron chi connectivity index (χ1n) is 11.0. The molecule has 3 aromatic rings. The summed E-state index contributed by atoms with van der Waals surface area (Å²) >= 11 is 1.33. The minimum Gasteiger partial charge on any atom is -0.467 e. The number of hydrogen-bond acceptors (Lipinski definition) is 6. The van der Waals surface area contributed by atoms with E-state index in [0.29, 0.717) is 21.3 Å². The number of carbonyl (C=O) groups excluding carboxylic acids is 1. The summed E-state index contributed by atoms with van der Waals surface area (Å²) in [6.07, 6.45) is 1.44. The predicted octanol–water partition coefficient (Wildman–Crippen LogP) is 1.95. The van der Waals surface area contributed by atoms with Crippen LogP contribution in [0.4, 0.5) is 5.69 Å². The number of nitrogens with one attached hydrogen (secondary N) is 2. The Morgan fingerprint density at radius 1 is 1.21 bits per heavy atom. The maximum atomic E-state index is 13.6. The van der Waals surface area contributed by atoms with Gasteiger partial charge >= 0.3 is 0 Å². The second-order valence-electron chi connectivity index (χ2n) is 8.07. The average Bonchev–Trinajstić information content (AvgIpc) is 3.30. The van der Waals surface area contributed by atoms with Gasteiger partial charge in [-0.15, -0.1) is 11.3 Å². The Kier molecular flexibility index (Phi) is 5.88. The molecule has 33 heavy (non-hydrogen) atoms. The Labute approximate surface area is 195 Å². The van der Waals surface area contributed by atoms with Gasteiger partial charge in [-0.3, -0.25) is 14.2 Å². The number of amides is 1. The summed E-state index contributed by atoms with van der Waals surface area (Å²) in [4.78, 5) is 26.5. The Balaban J connectivity index is 1.72. The van der Waals surface area contributed by atoms with Crippen LogP contribution in [0.15, 0.2) is 53.3 Å². The highest BCUT2D eigenvalue weighted by Crippen LogP contribution is 2.32. The fourth-order valence-corrected chi connectivity index (χ4v) is 5.45. The largest absolute Gasteiger partial charge is 0.467 e. The number of likely N-dealkylation sites (N-methyl/N-ethyl adjacent to an activating group) is 1. The summed E-state index contributed by atoms with van der Waals surface area (Å²) in [6.45, 7) is 5.43. The molecule has 1 amide bonds. The smallest absolute Gasteiger partial charge is 0.268 e. The van der Waals surface area contributed by atoms with Crippen LogP contribution in [-0.2, 0) is 16.1 Å². The Hall–Kier alpha value is -3.20. The molecule has 7 nitrogen and oxygen atoms in total. The zero-order valence-electron chi connectivity index (χ0n) is 18.5. The maximum absolute atomic E-state index is 13.6. The van der Waals surface area contributed by atoms with Gasteiger partial charge in [-0.25, -0.2) is 0 Å². The van der Waals surface area contributed by atoms with Gasteiger partial charge in [-0.05, 0) is 31.7 Å². The first kappa shape index (κ1) is 21.6. The zero-order valence-corrected chi connectivity index (χ0v) is 19.3. The normalized spacial score (nSPS) is 20.1. The number of benzene rings is 2. The van der Waals surface area contributed by atoms with Crippen molar-refractivity contribution in [3.05, 3.63) is 79.2 Å². The van der Waals surface area contributed by atoms with E-state index in [1.54, 1.807) is 4.57 Å². The molecule has 3 heterocycles. The minimum absolute atomic E-state index is 0.0641. The summed E-state index contributed by atoms with van der Waals surface area (Å²) in [6, 6.07) is 15.3. The van der Waals surface area contributed by atoms with Gasteiger partial charge in [0.05, 0.1) is 10.1 Å². The van der Waals surface area contributed by atoms with Gasteiger partial charge in [0.1, 0.15) is 16.5 Å². The SMILES string of the molecule is CCNC(C)Cn1c(=O)/c(=C\C2OCOc3ccccc32)s/c1=C1/C(=O)Nc2ccccc21. The van der Waals surface area contributed by atoms with Crippen LogP contribution in [0, 0.1) is 0 Å². The quantitative estimate of drug-likeness (QED) is 0.605. The molecule has 8 heteroatoms. The maximum Gasteiger partial charge on any atom is 0.268 e. The zero-order chi connectivity index (χ0) is 22.9. The van der Waals surface area contributed by atoms with Crippen molar-refractivity contribution in [2.24, 2.45) is 0 Å². The molecule has 1 aromatic heterocycles. The molecular weight excluding hydrogens is 438 g/mol. The fourth-order valence-electron chi connectivity index (χ4n) is 4.28. The van der Waals surface area contributed by atoms with Gasteiger partial charge < -0.3 is 20.1 Å². The third-order valence-corrected chi connectivity index (χ3v) is 6.94. The van der Waals surface area contributed by atoms with Crippen LogP contribution in [0.3, 0.4) is 0 Å². The van der Waals surface area contributed by atoms with E-state index in [0.717, 1.165) is 29.1 Å². The van der Waals surface area contributed by atoms with Crippen LogP contribution in [0.25, 0.3) is 11.6 Å². The van der Waals surface area contributed by atoms with E-state index in [1.165, 1.54) is 11.3 Å². The van der Waals surface area contributed by atoms with Crippen molar-refractivity contribution < 1.29 is 14.3 Å². The first-order valence-corrected chi connectivity index (χ1v) is 11.8. The molecule has 2 aliphatic rings. The molecule has 0 aliphatic carbocycles. The van der Waals surface area contributed by atoms with E-state index in [4.69, 9.17) is 9.47 Å². The monoisotopic (exact) mass is 463 g/mol. The van der Waals surface area contributed by atoms with E-state index in [9.17, 15) is 9.59 Å². The second kappa shape index (κ2) is 8.97. The number of nitrogens with zero attached hydrogens (tertiary/aromatic N) is 1. The second-order valence-corrected chi connectivity index (χ2v) is 9.11. The van der Waals surface area contributed by atoms with Gasteiger partial charge in [0, 0.05) is 29.4 Å². The van der Waals surface area contributed by atoms with Gasteiger partial charge in [0.25, 0.3) is 11.5 Å². The van der Waals surface area contributed by atoms with Crippen LogP contribution < -0.4 is 30.1 Å². The van der Waals surface area contributed by atoms with E-state index in [1.807, 2.05) is 68.5 Å². The lowest BCUT2D eigenvalue weighted by Gasteiger charge is -2.23. The number of aromatic nitrogens is 1. The molecule has 0 bridgehead atoms. The molecule has 0 radical (unpaired) electrons. The highest BCUT2D eigenvalue weighted by atomic mass is 32.1. The van der Waals surface area contributed by atoms with Gasteiger partial charge in [-0.2, -0.15) is 0 Å². The summed E-state index contributed by atoms with van der Waals surface area (Å²) in [5.41, 5.74) is 2.85. The molecule has 2 atom stereocenters. The van der Waals surface area contributed by atoms with Crippen molar-refractivity contribution in [3.63, 3.8) is 0 Å². The molecule has 2 unspecified atom stereocenters. The lowest BCUT2D eigenvalue weighted by Crippen LogP contribution is -2.40. The molecule has 2 aliphatic heterocycles. The summed E-state index contributed by atoms with van der Waals surface area (Å²) in [5, 5.41) is 6.28. The van der Waals surface area contributed by atoms with Crippen molar-refractivity contribution in [1.29, 1.82) is 0 Å². The van der Waals surface area contributed by atoms with Gasteiger partial charge in [0.15, 0.2) is 6.79 Å². The lowest BCUT2D eigenvalue weighted by molar-refractivity contribution is -0.110. The molecule has 0 spiro atoms. The molecule has 170 valence electrons. The highest BCUT2D eigenvalue weighted by Gasteiger charge is 2.27. The van der Waals surface area contributed by atoms with Crippen LogP contribution in [-0.4, -0.2) is 29.9 Å². The minimum atomic E-state index is -0.400. The number of fused-ring (bicyclic) bond motifs is 2. The van der Waals surface area contributed by atoms with Crippen LogP contribution in [0.1, 0.15) is 31.1 Å². The van der Waals surface area contributed by atoms with Gasteiger partial charge in [-0.1, -0.05) is 43.3 Å². The average molecular weight is 464 g/mol. The molecule has 0 saturated heterocycles. The van der Waals surface area contributed by atoms with E-state index in [2.05, 4.69) is 10.6 Å². The van der Waals surface area contributed by atoms with E-state index >= 15 is 0 Å². The van der Waals surface area contributed by atoms with Crippen molar-refractivity contribution in [1.82, 2.24) is 9.88 Å². The molecule has 2 N–H and O–H groups in total. The summed E-state index contributed by atoms with van der Waals surface area (Å²) < 4.78 is 14.3. The van der Waals surface area contributed by atoms with Crippen LogP contribution >= 0.6 is 11.3 Å². The topological polar surface area (TPSA) is 81.6 Å². The number of carbonyl (C=O) groups is 1. The van der Waals surface area contributed by atoms with Crippen molar-refractivity contribution in [2.45, 2.75) is 32.5 Å². The van der Waals surface area contributed by atoms with E-state index in [-0.39, 0.29) is 24.3 Å². The van der Waals surface area contributed by atoms with Crippen molar-refractivity contribution in [2.75, 3.05) is 18.7 Å². The number of para-hydroxylation sites is 2. The molecule has 0 saturated carbocycles. The molecule has 5 rings (SSSR count). The third kappa shape index (κ3) is 4.01. The lowest BCUT2D eigenvalue weighted by atomic mass is 10.1. The molecular formula is C25H25N3O4S. The highest BCUT2D eigenvalue weighted by molar-refractivity contribution is 7.07. The molecule has 0 fully saturated rings. The number of rotatable bonds is 5. The van der Waals surface area contributed by atoms with Crippen molar-refractivity contribution in [3.8, 4) is 5.75 Å². The van der Waals surface area contributed by atoms with Crippen LogP contribution in [0.5, 0.6) is 5.75 Å². The number of thiazole rings is 1. The predicted molar refractivity (Wildman–Crippen MR) is 129 cm³/mol. The third-order valence-electron chi connectivity index (χ3n) is 5.79. The fraction of sp³-hybridized carbons (Fsp3) is 0.280. The Morgan fingerprint density at radius 2 is 2.00 bits per heavy atom. The number of anilines is 1. The molecule has 2 aromatic carbocycles. The summed E-state index contributed by atoms with van der Waals surface area (Å²) in [7, 11) is 0.